The van der Waals surface area contributed by atoms with Crippen molar-refractivity contribution in [1.29, 1.82) is 0 Å². The molecule has 6 nitrogen and oxygen atoms in total. The van der Waals surface area contributed by atoms with Gasteiger partial charge in [0.1, 0.15) is 0 Å². The Morgan fingerprint density at radius 3 is 2.80 bits per heavy atom. The van der Waals surface area contributed by atoms with Crippen molar-refractivity contribution in [2.24, 2.45) is 0 Å². The SMILES string of the molecule is COc1nc(=O)[nH]c(C)c1CCC(=O)O. The Labute approximate surface area is 85.9 Å². The summed E-state index contributed by atoms with van der Waals surface area (Å²) < 4.78 is 4.92. The number of carboxylic acid groups (broad SMARTS) is 1. The number of methoxy groups -OCH3 is 1. The van der Waals surface area contributed by atoms with E-state index in [0.717, 1.165) is 0 Å². The van der Waals surface area contributed by atoms with Gasteiger partial charge in [-0.1, -0.05) is 0 Å². The van der Waals surface area contributed by atoms with Gasteiger partial charge in [-0.05, 0) is 13.3 Å². The molecule has 0 aliphatic heterocycles. The van der Waals surface area contributed by atoms with Crippen LogP contribution in [0.3, 0.4) is 0 Å². The summed E-state index contributed by atoms with van der Waals surface area (Å²) in [6, 6.07) is 0. The average molecular weight is 212 g/mol. The minimum Gasteiger partial charge on any atom is -0.481 e. The molecular formula is C9H12N2O4. The lowest BCUT2D eigenvalue weighted by molar-refractivity contribution is -0.136. The van der Waals surface area contributed by atoms with Crippen LogP contribution < -0.4 is 10.4 Å². The molecular weight excluding hydrogens is 200 g/mol. The molecule has 0 radical (unpaired) electrons. The van der Waals surface area contributed by atoms with Crippen LogP contribution in [0, 0.1) is 6.92 Å². The Kier molecular flexibility index (Phi) is 3.43. The van der Waals surface area contributed by atoms with Gasteiger partial charge in [0.15, 0.2) is 0 Å². The summed E-state index contributed by atoms with van der Waals surface area (Å²) in [5.41, 5.74) is 0.719. The number of hydrogen-bond donors (Lipinski definition) is 2. The maximum absolute atomic E-state index is 11.0. The lowest BCUT2D eigenvalue weighted by Gasteiger charge is -2.08. The van der Waals surface area contributed by atoms with Gasteiger partial charge in [-0.3, -0.25) is 4.79 Å². The van der Waals surface area contributed by atoms with Crippen LogP contribution in [-0.4, -0.2) is 28.2 Å². The molecule has 0 saturated carbocycles. The van der Waals surface area contributed by atoms with Crippen LogP contribution in [0.2, 0.25) is 0 Å². The number of aromatic nitrogens is 2. The summed E-state index contributed by atoms with van der Waals surface area (Å²) in [6.45, 7) is 1.68. The molecule has 0 unspecified atom stereocenters. The molecule has 1 heterocycles. The Morgan fingerprint density at radius 2 is 2.27 bits per heavy atom. The van der Waals surface area contributed by atoms with Gasteiger partial charge in [-0.25, -0.2) is 4.79 Å². The Morgan fingerprint density at radius 1 is 1.60 bits per heavy atom. The van der Waals surface area contributed by atoms with Crippen LogP contribution >= 0.6 is 0 Å². The number of carboxylic acids is 1. The van der Waals surface area contributed by atoms with Crippen LogP contribution in [0.4, 0.5) is 0 Å². The smallest absolute Gasteiger partial charge is 0.348 e. The van der Waals surface area contributed by atoms with E-state index < -0.39 is 11.7 Å². The molecule has 0 bridgehead atoms. The molecule has 0 aliphatic rings. The van der Waals surface area contributed by atoms with Gasteiger partial charge < -0.3 is 14.8 Å². The van der Waals surface area contributed by atoms with E-state index in [1.807, 2.05) is 0 Å². The van der Waals surface area contributed by atoms with Crippen LogP contribution in [-0.2, 0) is 11.2 Å². The fraction of sp³-hybridized carbons (Fsp3) is 0.444. The highest BCUT2D eigenvalue weighted by molar-refractivity contribution is 5.67. The first-order chi connectivity index (χ1) is 7.04. The molecule has 1 aromatic rings. The summed E-state index contributed by atoms with van der Waals surface area (Å²) in [7, 11) is 1.39. The van der Waals surface area contributed by atoms with Crippen molar-refractivity contribution in [2.75, 3.05) is 7.11 Å². The number of hydrogen-bond acceptors (Lipinski definition) is 4. The van der Waals surface area contributed by atoms with Gasteiger partial charge in [0.2, 0.25) is 5.88 Å². The van der Waals surface area contributed by atoms with Crippen molar-refractivity contribution >= 4 is 5.97 Å². The van der Waals surface area contributed by atoms with E-state index in [4.69, 9.17) is 9.84 Å². The van der Waals surface area contributed by atoms with E-state index in [1.54, 1.807) is 6.92 Å². The minimum absolute atomic E-state index is 0.0229. The summed E-state index contributed by atoms with van der Waals surface area (Å²) in [6.07, 6.45) is 0.263. The highest BCUT2D eigenvalue weighted by Crippen LogP contribution is 2.17. The molecule has 6 heteroatoms. The first kappa shape index (κ1) is 11.2. The van der Waals surface area contributed by atoms with Crippen molar-refractivity contribution in [3.8, 4) is 5.88 Å². The number of rotatable bonds is 4. The van der Waals surface area contributed by atoms with Gasteiger partial charge in [0.05, 0.1) is 7.11 Å². The Hall–Kier alpha value is -1.85. The van der Waals surface area contributed by atoms with Crippen molar-refractivity contribution in [3.05, 3.63) is 21.7 Å². The third-order valence-corrected chi connectivity index (χ3v) is 1.99. The predicted octanol–water partition coefficient (Wildman–Crippen LogP) is 0.104. The van der Waals surface area contributed by atoms with E-state index in [0.29, 0.717) is 11.3 Å². The van der Waals surface area contributed by atoms with E-state index in [1.165, 1.54) is 7.11 Å². The van der Waals surface area contributed by atoms with Crippen molar-refractivity contribution < 1.29 is 14.6 Å². The van der Waals surface area contributed by atoms with E-state index in [-0.39, 0.29) is 18.7 Å². The van der Waals surface area contributed by atoms with Crippen LogP contribution in [0.1, 0.15) is 17.7 Å². The number of aromatic amines is 1. The molecule has 1 aromatic heterocycles. The van der Waals surface area contributed by atoms with Gasteiger partial charge in [0, 0.05) is 17.7 Å². The summed E-state index contributed by atoms with van der Waals surface area (Å²) in [4.78, 5) is 27.5. The van der Waals surface area contributed by atoms with Crippen LogP contribution in [0.5, 0.6) is 5.88 Å². The zero-order valence-electron chi connectivity index (χ0n) is 8.53. The normalized spacial score (nSPS) is 10.0. The molecule has 0 spiro atoms. The van der Waals surface area contributed by atoms with E-state index in [2.05, 4.69) is 9.97 Å². The summed E-state index contributed by atoms with van der Waals surface area (Å²) in [5.74, 6) is -0.708. The molecule has 0 atom stereocenters. The van der Waals surface area contributed by atoms with Crippen molar-refractivity contribution in [1.82, 2.24) is 9.97 Å². The fourth-order valence-corrected chi connectivity index (χ4v) is 1.28. The van der Waals surface area contributed by atoms with Crippen LogP contribution in [0.15, 0.2) is 4.79 Å². The highest BCUT2D eigenvalue weighted by atomic mass is 16.5. The third-order valence-electron chi connectivity index (χ3n) is 1.99. The molecule has 0 aromatic carbocycles. The number of aliphatic carboxylic acids is 1. The lowest BCUT2D eigenvalue weighted by atomic mass is 10.1. The zero-order chi connectivity index (χ0) is 11.4. The molecule has 0 aliphatic carbocycles. The predicted molar refractivity (Wildman–Crippen MR) is 52.1 cm³/mol. The van der Waals surface area contributed by atoms with Gasteiger partial charge in [-0.15, -0.1) is 0 Å². The van der Waals surface area contributed by atoms with Crippen molar-refractivity contribution in [2.45, 2.75) is 19.8 Å². The number of aryl methyl sites for hydroxylation is 1. The zero-order valence-corrected chi connectivity index (χ0v) is 8.53. The second-order valence-electron chi connectivity index (χ2n) is 3.05. The largest absolute Gasteiger partial charge is 0.481 e. The first-order valence-corrected chi connectivity index (χ1v) is 4.40. The number of carbonyl (C=O) groups is 1. The van der Waals surface area contributed by atoms with Gasteiger partial charge in [0.25, 0.3) is 0 Å². The highest BCUT2D eigenvalue weighted by Gasteiger charge is 2.11. The maximum Gasteiger partial charge on any atom is 0.348 e. The fourth-order valence-electron chi connectivity index (χ4n) is 1.28. The minimum atomic E-state index is -0.900. The topological polar surface area (TPSA) is 92.3 Å². The number of ether oxygens (including phenoxy) is 1. The first-order valence-electron chi connectivity index (χ1n) is 4.40. The van der Waals surface area contributed by atoms with Crippen molar-refractivity contribution in [3.63, 3.8) is 0 Å². The molecule has 2 N–H and O–H groups in total. The van der Waals surface area contributed by atoms with Gasteiger partial charge in [-0.2, -0.15) is 4.98 Å². The molecule has 82 valence electrons. The second-order valence-corrected chi connectivity index (χ2v) is 3.05. The standard InChI is InChI=1S/C9H12N2O4/c1-5-6(3-4-7(12)13)8(15-2)11-9(14)10-5/h3-4H2,1-2H3,(H,12,13)(H,10,11,14). The Bertz CT molecular complexity index is 425. The number of H-pyrrole nitrogens is 1. The lowest BCUT2D eigenvalue weighted by Crippen LogP contribution is -2.16. The third kappa shape index (κ3) is 2.80. The van der Waals surface area contributed by atoms with E-state index >= 15 is 0 Å². The molecule has 15 heavy (non-hydrogen) atoms. The molecule has 0 fully saturated rings. The number of nitrogens with one attached hydrogen (secondary N) is 1. The molecule has 0 amide bonds. The maximum atomic E-state index is 11.0. The quantitative estimate of drug-likeness (QED) is 0.738. The second kappa shape index (κ2) is 4.59. The molecule has 1 rings (SSSR count). The number of nitrogens with zero attached hydrogens (tertiary/aromatic N) is 1. The average Bonchev–Trinajstić information content (AvgIpc) is 2.14. The molecule has 0 saturated heterocycles. The van der Waals surface area contributed by atoms with Gasteiger partial charge >= 0.3 is 11.7 Å². The summed E-state index contributed by atoms with van der Waals surface area (Å²) in [5, 5.41) is 8.55. The van der Waals surface area contributed by atoms with E-state index in [9.17, 15) is 9.59 Å². The monoisotopic (exact) mass is 212 g/mol. The van der Waals surface area contributed by atoms with Crippen LogP contribution in [0.25, 0.3) is 0 Å². The Balaban J connectivity index is 3.04. The summed E-state index contributed by atoms with van der Waals surface area (Å²) >= 11 is 0.